The van der Waals surface area contributed by atoms with Gasteiger partial charge in [-0.05, 0) is 19.1 Å². The number of nitrogens with one attached hydrogen (secondary N) is 2. The minimum Gasteiger partial charge on any atom is -0.364 e. The largest absolute Gasteiger partial charge is 0.364 e. The number of benzene rings is 1. The van der Waals surface area contributed by atoms with E-state index in [0.717, 1.165) is 5.56 Å². The Morgan fingerprint density at radius 3 is 2.60 bits per heavy atom. The number of H-pyrrole nitrogens is 2. The van der Waals surface area contributed by atoms with E-state index in [1.54, 1.807) is 12.1 Å². The molecule has 0 saturated heterocycles. The summed E-state index contributed by atoms with van der Waals surface area (Å²) in [5.41, 5.74) is 7.59. The third-order valence-corrected chi connectivity index (χ3v) is 3.80. The number of nitrogens with zero attached hydrogens (tertiary/aromatic N) is 4. The minimum atomic E-state index is -0.759. The van der Waals surface area contributed by atoms with Gasteiger partial charge in [0.05, 0.1) is 18.2 Å². The molecule has 0 aliphatic rings. The van der Waals surface area contributed by atoms with Gasteiger partial charge in [-0.1, -0.05) is 17.7 Å². The average Bonchev–Trinajstić information content (AvgIpc) is 3.22. The molecule has 4 aromatic rings. The molecule has 0 unspecified atom stereocenters. The molecule has 0 saturated carbocycles. The number of nitrogens with two attached hydrogens (primary N) is 1. The molecule has 4 rings (SSSR count). The Hall–Kier alpha value is -3.75. The number of aromatic amines is 2. The van der Waals surface area contributed by atoms with Crippen LogP contribution in [-0.4, -0.2) is 35.4 Å². The maximum Gasteiger partial charge on any atom is 0.332 e. The van der Waals surface area contributed by atoms with Gasteiger partial charge in [0.15, 0.2) is 17.2 Å². The van der Waals surface area contributed by atoms with E-state index in [1.165, 1.54) is 17.1 Å². The molecule has 1 amide bonds. The van der Waals surface area contributed by atoms with Crippen LogP contribution in [0.2, 0.25) is 0 Å². The van der Waals surface area contributed by atoms with Gasteiger partial charge in [-0.15, -0.1) is 0 Å². The molecule has 9 heteroatoms. The van der Waals surface area contributed by atoms with Crippen molar-refractivity contribution in [1.29, 1.82) is 0 Å². The zero-order valence-electron chi connectivity index (χ0n) is 13.1. The lowest BCUT2D eigenvalue weighted by molar-refractivity contribution is 0.0997. The Morgan fingerprint density at radius 2 is 1.96 bits per heavy atom. The lowest BCUT2D eigenvalue weighted by Crippen LogP contribution is -2.15. The highest BCUT2D eigenvalue weighted by Gasteiger charge is 2.20. The Kier molecular flexibility index (Phi) is 3.21. The van der Waals surface area contributed by atoms with Gasteiger partial charge in [0, 0.05) is 0 Å². The number of rotatable bonds is 3. The van der Waals surface area contributed by atoms with Crippen molar-refractivity contribution < 1.29 is 4.79 Å². The number of aromatic nitrogens is 6. The second kappa shape index (κ2) is 5.41. The van der Waals surface area contributed by atoms with Crippen molar-refractivity contribution in [3.8, 4) is 17.2 Å². The number of fused-ring (bicyclic) bond motifs is 1. The molecule has 0 radical (unpaired) electrons. The molecule has 25 heavy (non-hydrogen) atoms. The van der Waals surface area contributed by atoms with Crippen LogP contribution in [0.15, 0.2) is 41.6 Å². The lowest BCUT2D eigenvalue weighted by Gasteiger charge is -2.05. The Bertz CT molecular complexity index is 1140. The molecule has 3 aromatic heterocycles. The highest BCUT2D eigenvalue weighted by Crippen LogP contribution is 2.20. The summed E-state index contributed by atoms with van der Waals surface area (Å²) in [5, 5.41) is 0. The van der Waals surface area contributed by atoms with Crippen LogP contribution in [0, 0.1) is 6.92 Å². The second-order valence-corrected chi connectivity index (χ2v) is 5.53. The first kappa shape index (κ1) is 14.8. The van der Waals surface area contributed by atoms with Crippen molar-refractivity contribution in [3.05, 3.63) is 58.5 Å². The molecule has 3 heterocycles. The first-order valence-corrected chi connectivity index (χ1v) is 7.43. The zero-order valence-corrected chi connectivity index (χ0v) is 13.1. The fourth-order valence-corrected chi connectivity index (χ4v) is 2.60. The van der Waals surface area contributed by atoms with Crippen molar-refractivity contribution in [3.63, 3.8) is 0 Å². The van der Waals surface area contributed by atoms with E-state index < -0.39 is 11.6 Å². The van der Waals surface area contributed by atoms with Crippen molar-refractivity contribution in [2.24, 2.45) is 5.73 Å². The number of hydrogen-bond acceptors (Lipinski definition) is 5. The molecule has 0 fully saturated rings. The van der Waals surface area contributed by atoms with Gasteiger partial charge < -0.3 is 15.7 Å². The number of hydrogen-bond donors (Lipinski definition) is 3. The van der Waals surface area contributed by atoms with E-state index >= 15 is 0 Å². The predicted octanol–water partition coefficient (Wildman–Crippen LogP) is 0.906. The molecular weight excluding hydrogens is 322 g/mol. The van der Waals surface area contributed by atoms with E-state index in [2.05, 4.69) is 24.9 Å². The summed E-state index contributed by atoms with van der Waals surface area (Å²) >= 11 is 0. The van der Waals surface area contributed by atoms with Crippen LogP contribution in [0.25, 0.3) is 28.4 Å². The van der Waals surface area contributed by atoms with Gasteiger partial charge in [-0.25, -0.2) is 24.3 Å². The molecule has 0 aliphatic carbocycles. The Morgan fingerprint density at radius 1 is 1.20 bits per heavy atom. The summed E-state index contributed by atoms with van der Waals surface area (Å²) in [6.07, 6.45) is 2.99. The van der Waals surface area contributed by atoms with Crippen LogP contribution in [0.3, 0.4) is 0 Å². The van der Waals surface area contributed by atoms with Crippen LogP contribution in [0.5, 0.6) is 0 Å². The topological polar surface area (TPSA) is 135 Å². The molecule has 0 atom stereocenters. The van der Waals surface area contributed by atoms with E-state index in [4.69, 9.17) is 5.73 Å². The predicted molar refractivity (Wildman–Crippen MR) is 90.3 cm³/mol. The molecule has 0 aliphatic heterocycles. The third-order valence-electron chi connectivity index (χ3n) is 3.80. The summed E-state index contributed by atoms with van der Waals surface area (Å²) in [4.78, 5) is 42.3. The molecule has 1 aromatic carbocycles. The summed E-state index contributed by atoms with van der Waals surface area (Å²) in [6.45, 7) is 1.95. The summed E-state index contributed by atoms with van der Waals surface area (Å²) < 4.78 is 1.38. The average molecular weight is 335 g/mol. The molecule has 124 valence electrons. The van der Waals surface area contributed by atoms with Gasteiger partial charge in [0.1, 0.15) is 11.2 Å². The van der Waals surface area contributed by atoms with Crippen LogP contribution in [0.1, 0.15) is 16.1 Å². The summed E-state index contributed by atoms with van der Waals surface area (Å²) in [6, 6.07) is 7.36. The second-order valence-electron chi connectivity index (χ2n) is 5.53. The Balaban J connectivity index is 2.07. The number of amides is 1. The van der Waals surface area contributed by atoms with Crippen molar-refractivity contribution in [2.45, 2.75) is 6.92 Å². The maximum atomic E-state index is 12.5. The van der Waals surface area contributed by atoms with E-state index in [0.29, 0.717) is 11.4 Å². The fourth-order valence-electron chi connectivity index (χ4n) is 2.60. The highest BCUT2D eigenvalue weighted by molar-refractivity contribution is 6.02. The Labute approximate surface area is 140 Å². The number of imidazole rings is 2. The van der Waals surface area contributed by atoms with E-state index in [9.17, 15) is 9.59 Å². The van der Waals surface area contributed by atoms with Crippen LogP contribution in [0.4, 0.5) is 0 Å². The van der Waals surface area contributed by atoms with Gasteiger partial charge >= 0.3 is 5.69 Å². The monoisotopic (exact) mass is 335 g/mol. The standard InChI is InChI=1S/C16H13N7O2/c1-8-2-4-9(5-3-8)23-15-12(21-16(23)25)11(13(17)24)20-14(22-15)10-6-18-7-19-10/h2-7H,1H3,(H2,17,24)(H,18,19)(H,21,25). The van der Waals surface area contributed by atoms with Gasteiger partial charge in [0.25, 0.3) is 5.91 Å². The zero-order chi connectivity index (χ0) is 17.6. The SMILES string of the molecule is Cc1ccc(-n2c(=O)[nH]c3c(C(N)=O)nc(-c4cnc[nH]4)nc32)cc1. The van der Waals surface area contributed by atoms with Crippen LogP contribution < -0.4 is 11.4 Å². The van der Waals surface area contributed by atoms with E-state index in [1.807, 2.05) is 19.1 Å². The van der Waals surface area contributed by atoms with Gasteiger partial charge in [-0.3, -0.25) is 4.79 Å². The maximum absolute atomic E-state index is 12.5. The normalized spacial score (nSPS) is 11.1. The van der Waals surface area contributed by atoms with Crippen LogP contribution >= 0.6 is 0 Å². The number of carbonyl (C=O) groups is 1. The quantitative estimate of drug-likeness (QED) is 0.511. The molecular formula is C16H13N7O2. The van der Waals surface area contributed by atoms with Crippen molar-refractivity contribution in [2.75, 3.05) is 0 Å². The molecule has 9 nitrogen and oxygen atoms in total. The number of primary amides is 1. The fraction of sp³-hybridized carbons (Fsp3) is 0.0625. The molecule has 0 bridgehead atoms. The molecule has 4 N–H and O–H groups in total. The van der Waals surface area contributed by atoms with Crippen molar-refractivity contribution >= 4 is 17.1 Å². The first-order chi connectivity index (χ1) is 12.0. The first-order valence-electron chi connectivity index (χ1n) is 7.43. The van der Waals surface area contributed by atoms with Gasteiger partial charge in [-0.2, -0.15) is 0 Å². The van der Waals surface area contributed by atoms with Crippen molar-refractivity contribution in [1.82, 2.24) is 29.5 Å². The summed E-state index contributed by atoms with van der Waals surface area (Å²) in [5.74, 6) is -0.538. The van der Waals surface area contributed by atoms with Gasteiger partial charge in [0.2, 0.25) is 0 Å². The number of carbonyl (C=O) groups excluding carboxylic acids is 1. The minimum absolute atomic E-state index is 0.0578. The molecule has 0 spiro atoms. The third kappa shape index (κ3) is 2.38. The smallest absolute Gasteiger partial charge is 0.332 e. The van der Waals surface area contributed by atoms with Crippen LogP contribution in [-0.2, 0) is 0 Å². The lowest BCUT2D eigenvalue weighted by atomic mass is 10.2. The summed E-state index contributed by atoms with van der Waals surface area (Å²) in [7, 11) is 0. The highest BCUT2D eigenvalue weighted by atomic mass is 16.2. The number of aryl methyl sites for hydroxylation is 1. The van der Waals surface area contributed by atoms with E-state index in [-0.39, 0.29) is 22.7 Å².